The van der Waals surface area contributed by atoms with E-state index >= 15 is 0 Å². The molecule has 1 spiro atoms. The minimum Gasteiger partial charge on any atom is -0.507 e. The van der Waals surface area contributed by atoms with E-state index in [2.05, 4.69) is 0 Å². The Morgan fingerprint density at radius 3 is 2.33 bits per heavy atom. The van der Waals surface area contributed by atoms with Gasteiger partial charge in [0.15, 0.2) is 28.8 Å². The number of allylic oxidation sites excluding steroid dienone is 1. The second-order valence-electron chi connectivity index (χ2n) is 11.4. The minimum absolute atomic E-state index is 0.00677. The van der Waals surface area contributed by atoms with Gasteiger partial charge < -0.3 is 39.2 Å². The Labute approximate surface area is 265 Å². The molecule has 0 aromatic heterocycles. The Bertz CT molecular complexity index is 1550. The summed E-state index contributed by atoms with van der Waals surface area (Å²) in [5.41, 5.74) is -1.74. The lowest BCUT2D eigenvalue weighted by Gasteiger charge is -2.39. The van der Waals surface area contributed by atoms with E-state index < -0.39 is 34.8 Å². The number of hydrogen-bond acceptors (Lipinski definition) is 11. The molecule has 1 fully saturated rings. The quantitative estimate of drug-likeness (QED) is 0.369. The summed E-state index contributed by atoms with van der Waals surface area (Å²) in [6.45, 7) is 4.13. The Kier molecular flexibility index (Phi) is 9.20. The highest BCUT2D eigenvalue weighted by Gasteiger charge is 2.61. The molecule has 3 atom stereocenters. The molecule has 0 radical (unpaired) electrons. The second kappa shape index (κ2) is 12.8. The number of Topliss-reactive ketones (excluding diaryl/α,β-unsaturated/α-hetero) is 2. The van der Waals surface area contributed by atoms with Gasteiger partial charge in [-0.05, 0) is 17.7 Å². The smallest absolute Gasteiger partial charge is 0.231 e. The van der Waals surface area contributed by atoms with E-state index in [-0.39, 0.29) is 70.3 Å². The predicted octanol–water partition coefficient (Wildman–Crippen LogP) is 3.12. The number of piperazine rings is 1. The topological polar surface area (TPSA) is 155 Å². The normalized spacial score (nSPS) is 22.4. The molecule has 2 aromatic rings. The maximum Gasteiger partial charge on any atom is 0.231 e. The van der Waals surface area contributed by atoms with Crippen LogP contribution in [0.25, 0.3) is 0 Å². The number of fused-ring (bicyclic) bond motifs is 1. The summed E-state index contributed by atoms with van der Waals surface area (Å²) in [4.78, 5) is 45.6. The molecule has 0 saturated carbocycles. The van der Waals surface area contributed by atoms with Crippen LogP contribution in [0.2, 0.25) is 5.02 Å². The molecule has 2 aromatic carbocycles. The number of ketones is 2. The van der Waals surface area contributed by atoms with Gasteiger partial charge in [-0.2, -0.15) is 0 Å². The third-order valence-electron chi connectivity index (χ3n) is 8.99. The number of aliphatic hydroxyl groups excluding tert-OH is 2. The van der Waals surface area contributed by atoms with Gasteiger partial charge in [0, 0.05) is 69.0 Å². The third-order valence-corrected chi connectivity index (χ3v) is 9.34. The molecule has 2 aliphatic heterocycles. The number of carbonyl (C=O) groups excluding carboxylic acids is 3. The van der Waals surface area contributed by atoms with Gasteiger partial charge in [-0.3, -0.25) is 19.3 Å². The zero-order chi connectivity index (χ0) is 32.6. The number of phenols is 1. The fraction of sp³-hybridized carbons (Fsp3) is 0.469. The fourth-order valence-electron chi connectivity index (χ4n) is 6.50. The Balaban J connectivity index is 1.62. The second-order valence-corrected chi connectivity index (χ2v) is 11.8. The molecule has 3 N–H and O–H groups in total. The van der Waals surface area contributed by atoms with Gasteiger partial charge >= 0.3 is 0 Å². The Hall–Kier alpha value is -4.00. The van der Waals surface area contributed by atoms with E-state index in [9.17, 15) is 29.7 Å². The zero-order valence-electron chi connectivity index (χ0n) is 25.6. The monoisotopic (exact) mass is 644 g/mol. The largest absolute Gasteiger partial charge is 0.507 e. The summed E-state index contributed by atoms with van der Waals surface area (Å²) in [7, 11) is 4.15. The van der Waals surface area contributed by atoms with Crippen molar-refractivity contribution in [2.45, 2.75) is 31.3 Å². The van der Waals surface area contributed by atoms with Crippen molar-refractivity contribution in [3.05, 3.63) is 51.7 Å². The van der Waals surface area contributed by atoms with Gasteiger partial charge in [0.1, 0.15) is 22.1 Å². The number of β-amino-alcohol motifs (C(OH)–C–C–N with tert-alkyl or cyclic N) is 1. The van der Waals surface area contributed by atoms with Crippen molar-refractivity contribution in [1.82, 2.24) is 9.80 Å². The summed E-state index contributed by atoms with van der Waals surface area (Å²) in [6.07, 6.45) is -0.390. The SMILES string of the molecule is COc1cc(C(CC(=O)N2CCN(CCO)CC2)C2=C(O)[C@@]3(Oc4c(Cl)c(OC)cc(OC)c4C3=O)[C@H](C)CC2=O)ccc1O. The highest BCUT2D eigenvalue weighted by Crippen LogP contribution is 2.56. The van der Waals surface area contributed by atoms with Crippen molar-refractivity contribution < 1.29 is 48.7 Å². The summed E-state index contributed by atoms with van der Waals surface area (Å²) in [5.74, 6) is -3.56. The number of methoxy groups -OCH3 is 3. The molecule has 3 aliphatic rings. The van der Waals surface area contributed by atoms with Crippen molar-refractivity contribution in [2.75, 3.05) is 60.7 Å². The van der Waals surface area contributed by atoms with Gasteiger partial charge in [0.2, 0.25) is 17.3 Å². The van der Waals surface area contributed by atoms with Gasteiger partial charge in [0.05, 0.1) is 27.9 Å². The predicted molar refractivity (Wildman–Crippen MR) is 163 cm³/mol. The number of nitrogens with zero attached hydrogens (tertiary/aromatic N) is 2. The number of rotatable bonds is 9. The number of carbonyl (C=O) groups is 3. The minimum atomic E-state index is -2.02. The van der Waals surface area contributed by atoms with E-state index in [1.54, 1.807) is 17.9 Å². The Morgan fingerprint density at radius 2 is 1.71 bits per heavy atom. The molecular formula is C32H37ClN2O10. The fourth-order valence-corrected chi connectivity index (χ4v) is 6.77. The van der Waals surface area contributed by atoms with E-state index in [4.69, 9.17) is 30.5 Å². The summed E-state index contributed by atoms with van der Waals surface area (Å²) in [6, 6.07) is 5.88. The molecule has 45 heavy (non-hydrogen) atoms. The highest BCUT2D eigenvalue weighted by molar-refractivity contribution is 6.35. The molecular weight excluding hydrogens is 608 g/mol. The lowest BCUT2D eigenvalue weighted by Crippen LogP contribution is -2.53. The van der Waals surface area contributed by atoms with E-state index in [0.29, 0.717) is 38.3 Å². The van der Waals surface area contributed by atoms with Crippen LogP contribution in [0.1, 0.15) is 41.6 Å². The van der Waals surface area contributed by atoms with Gasteiger partial charge in [-0.1, -0.05) is 24.6 Å². The third kappa shape index (κ3) is 5.44. The number of halogens is 1. The lowest BCUT2D eigenvalue weighted by molar-refractivity contribution is -0.133. The zero-order valence-corrected chi connectivity index (χ0v) is 26.3. The van der Waals surface area contributed by atoms with Crippen LogP contribution in [-0.4, -0.2) is 109 Å². The van der Waals surface area contributed by atoms with Crippen molar-refractivity contribution in [3.63, 3.8) is 0 Å². The first-order valence-electron chi connectivity index (χ1n) is 14.6. The van der Waals surface area contributed by atoms with Crippen molar-refractivity contribution in [2.24, 2.45) is 5.92 Å². The van der Waals surface area contributed by atoms with Crippen LogP contribution < -0.4 is 18.9 Å². The molecule has 1 saturated heterocycles. The molecule has 242 valence electrons. The van der Waals surface area contributed by atoms with E-state index in [1.807, 2.05) is 4.90 Å². The number of phenolic OH excluding ortho intramolecular Hbond substituents is 1. The van der Waals surface area contributed by atoms with Gasteiger partial charge in [-0.15, -0.1) is 0 Å². The Morgan fingerprint density at radius 1 is 1.04 bits per heavy atom. The average molecular weight is 645 g/mol. The van der Waals surface area contributed by atoms with Crippen LogP contribution in [0, 0.1) is 5.92 Å². The van der Waals surface area contributed by atoms with Crippen LogP contribution in [0.15, 0.2) is 35.6 Å². The molecule has 1 amide bonds. The number of ether oxygens (including phenoxy) is 4. The van der Waals surface area contributed by atoms with Gasteiger partial charge in [0.25, 0.3) is 0 Å². The summed E-state index contributed by atoms with van der Waals surface area (Å²) in [5, 5.41) is 31.7. The van der Waals surface area contributed by atoms with E-state index in [1.165, 1.54) is 39.5 Å². The highest BCUT2D eigenvalue weighted by atomic mass is 35.5. The summed E-state index contributed by atoms with van der Waals surface area (Å²) >= 11 is 6.58. The number of aliphatic hydroxyl groups is 2. The summed E-state index contributed by atoms with van der Waals surface area (Å²) < 4.78 is 22.4. The maximum atomic E-state index is 14.3. The number of aromatic hydroxyl groups is 1. The standard InChI is InChI=1S/C32H37ClN2O10/c1-17-13-21(38)26(30(40)32(17)31(41)27-23(43-3)16-24(44-4)28(33)29(27)45-32)19(18-5-6-20(37)22(14-18)42-2)15-25(39)35-9-7-34(8-10-35)11-12-36/h5-6,14,16-17,19,36-37,40H,7-13,15H2,1-4H3/t17-,19?,32+/m1/s1. The molecule has 12 nitrogen and oxygen atoms in total. The first kappa shape index (κ1) is 32.4. The molecule has 1 aliphatic carbocycles. The van der Waals surface area contributed by atoms with Crippen molar-refractivity contribution in [1.29, 1.82) is 0 Å². The van der Waals surface area contributed by atoms with Crippen molar-refractivity contribution >= 4 is 29.1 Å². The molecule has 5 rings (SSSR count). The van der Waals surface area contributed by atoms with Crippen LogP contribution >= 0.6 is 11.6 Å². The van der Waals surface area contributed by atoms with Crippen LogP contribution in [0.4, 0.5) is 0 Å². The van der Waals surface area contributed by atoms with E-state index in [0.717, 1.165) is 0 Å². The first-order chi connectivity index (χ1) is 21.5. The molecule has 2 heterocycles. The van der Waals surface area contributed by atoms with Crippen molar-refractivity contribution in [3.8, 4) is 28.7 Å². The first-order valence-corrected chi connectivity index (χ1v) is 15.0. The number of amides is 1. The van der Waals surface area contributed by atoms with Crippen LogP contribution in [0.3, 0.4) is 0 Å². The molecule has 1 unspecified atom stereocenters. The molecule has 13 heteroatoms. The molecule has 0 bridgehead atoms. The average Bonchev–Trinajstić information content (AvgIpc) is 3.35. The lowest BCUT2D eigenvalue weighted by atomic mass is 9.69. The number of benzene rings is 2. The maximum absolute atomic E-state index is 14.3. The number of hydrogen-bond donors (Lipinski definition) is 3. The van der Waals surface area contributed by atoms with Gasteiger partial charge in [-0.25, -0.2) is 0 Å². The van der Waals surface area contributed by atoms with Crippen LogP contribution in [0.5, 0.6) is 28.7 Å². The van der Waals surface area contributed by atoms with Crippen LogP contribution in [-0.2, 0) is 9.59 Å².